The number of rotatable bonds is 6. The molecule has 4 nitrogen and oxygen atoms in total. The molecule has 11 heavy (non-hydrogen) atoms. The van der Waals surface area contributed by atoms with Crippen molar-refractivity contribution < 1.29 is 10.2 Å². The summed E-state index contributed by atoms with van der Waals surface area (Å²) in [6.07, 6.45) is -0.912. The summed E-state index contributed by atoms with van der Waals surface area (Å²) < 4.78 is 0. The van der Waals surface area contributed by atoms with Crippen molar-refractivity contribution in [2.24, 2.45) is 0 Å². The van der Waals surface area contributed by atoms with E-state index in [1.807, 2.05) is 13.8 Å². The summed E-state index contributed by atoms with van der Waals surface area (Å²) in [5.74, 6) is 0. The maximum absolute atomic E-state index is 8.65. The minimum Gasteiger partial charge on any atom is -0.368 e. The fourth-order valence-electron chi connectivity index (χ4n) is 0.942. The fourth-order valence-corrected chi connectivity index (χ4v) is 0.942. The van der Waals surface area contributed by atoms with E-state index in [9.17, 15) is 0 Å². The Labute approximate surface area is 67.6 Å². The van der Waals surface area contributed by atoms with Gasteiger partial charge in [0.25, 0.3) is 0 Å². The molecule has 0 aromatic rings. The molecule has 0 bridgehead atoms. The topological polar surface area (TPSA) is 64.5 Å². The highest BCUT2D eigenvalue weighted by atomic mass is 16.5. The van der Waals surface area contributed by atoms with Crippen LogP contribution in [0, 0.1) is 0 Å². The van der Waals surface area contributed by atoms with Crippen LogP contribution in [0.25, 0.3) is 0 Å². The molecular formula is C7H18N2O2. The van der Waals surface area contributed by atoms with Crippen LogP contribution in [0.15, 0.2) is 0 Å². The largest absolute Gasteiger partial charge is 0.368 e. The molecule has 0 aromatic carbocycles. The van der Waals surface area contributed by atoms with E-state index in [2.05, 4.69) is 10.6 Å². The Morgan fingerprint density at radius 3 is 1.82 bits per heavy atom. The van der Waals surface area contributed by atoms with E-state index in [4.69, 9.17) is 10.2 Å². The van der Waals surface area contributed by atoms with Crippen LogP contribution in [0.1, 0.15) is 20.3 Å². The van der Waals surface area contributed by atoms with E-state index < -0.39 is 6.29 Å². The van der Waals surface area contributed by atoms with Crippen molar-refractivity contribution in [3.8, 4) is 0 Å². The van der Waals surface area contributed by atoms with Gasteiger partial charge in [0.15, 0.2) is 6.29 Å². The van der Waals surface area contributed by atoms with E-state index in [-0.39, 0.29) is 6.17 Å². The van der Waals surface area contributed by atoms with Gasteiger partial charge in [0.2, 0.25) is 0 Å². The molecule has 0 heterocycles. The Hall–Kier alpha value is -0.160. The van der Waals surface area contributed by atoms with Crippen LogP contribution < -0.4 is 10.6 Å². The molecule has 4 N–H and O–H groups in total. The van der Waals surface area contributed by atoms with Crippen LogP contribution in [-0.2, 0) is 0 Å². The molecule has 0 saturated heterocycles. The van der Waals surface area contributed by atoms with E-state index in [0.29, 0.717) is 6.42 Å². The third-order valence-corrected chi connectivity index (χ3v) is 1.35. The molecule has 0 radical (unpaired) electrons. The zero-order chi connectivity index (χ0) is 8.69. The Kier molecular flexibility index (Phi) is 6.45. The van der Waals surface area contributed by atoms with Crippen LogP contribution in [0.4, 0.5) is 0 Å². The van der Waals surface area contributed by atoms with Gasteiger partial charge in [-0.2, -0.15) is 0 Å². The van der Waals surface area contributed by atoms with Gasteiger partial charge in [-0.25, -0.2) is 0 Å². The number of hydrogen-bond acceptors (Lipinski definition) is 4. The second-order valence-corrected chi connectivity index (χ2v) is 2.38. The predicted octanol–water partition coefficient (Wildman–Crippen LogP) is -0.768. The Bertz CT molecular complexity index is 82.5. The number of hydrogen-bond donors (Lipinski definition) is 4. The summed E-state index contributed by atoms with van der Waals surface area (Å²) in [5, 5.41) is 23.5. The first kappa shape index (κ1) is 10.8. The Morgan fingerprint density at radius 2 is 1.55 bits per heavy atom. The molecule has 0 aromatic heterocycles. The highest BCUT2D eigenvalue weighted by Crippen LogP contribution is 1.91. The van der Waals surface area contributed by atoms with Crippen molar-refractivity contribution in [2.75, 3.05) is 13.1 Å². The Morgan fingerprint density at radius 1 is 1.09 bits per heavy atom. The van der Waals surface area contributed by atoms with Crippen LogP contribution in [0.3, 0.4) is 0 Å². The molecule has 0 aliphatic heterocycles. The molecule has 0 spiro atoms. The van der Waals surface area contributed by atoms with Crippen LogP contribution in [0.2, 0.25) is 0 Å². The van der Waals surface area contributed by atoms with Gasteiger partial charge in [0, 0.05) is 6.42 Å². The maximum Gasteiger partial charge on any atom is 0.154 e. The smallest absolute Gasteiger partial charge is 0.154 e. The van der Waals surface area contributed by atoms with Gasteiger partial charge in [-0.1, -0.05) is 13.8 Å². The predicted molar refractivity (Wildman–Crippen MR) is 44.0 cm³/mol. The zero-order valence-corrected chi connectivity index (χ0v) is 7.17. The second-order valence-electron chi connectivity index (χ2n) is 2.38. The summed E-state index contributed by atoms with van der Waals surface area (Å²) in [7, 11) is 0. The van der Waals surface area contributed by atoms with E-state index in [1.165, 1.54) is 0 Å². The normalized spacial score (nSPS) is 11.5. The fraction of sp³-hybridized carbons (Fsp3) is 1.00. The van der Waals surface area contributed by atoms with Gasteiger partial charge in [0.05, 0.1) is 6.17 Å². The maximum atomic E-state index is 8.65. The second kappa shape index (κ2) is 6.54. The molecule has 0 rings (SSSR count). The highest BCUT2D eigenvalue weighted by molar-refractivity contribution is 4.62. The summed E-state index contributed by atoms with van der Waals surface area (Å²) in [4.78, 5) is 0. The van der Waals surface area contributed by atoms with Crippen molar-refractivity contribution in [2.45, 2.75) is 32.7 Å². The van der Waals surface area contributed by atoms with Gasteiger partial charge >= 0.3 is 0 Å². The zero-order valence-electron chi connectivity index (χ0n) is 7.17. The summed E-state index contributed by atoms with van der Waals surface area (Å²) in [6.45, 7) is 5.61. The average molecular weight is 162 g/mol. The molecule has 0 aliphatic rings. The lowest BCUT2D eigenvalue weighted by molar-refractivity contribution is -0.0535. The van der Waals surface area contributed by atoms with Gasteiger partial charge in [-0.3, -0.25) is 0 Å². The highest BCUT2D eigenvalue weighted by Gasteiger charge is 2.08. The first-order chi connectivity index (χ1) is 5.20. The van der Waals surface area contributed by atoms with Crippen molar-refractivity contribution in [1.82, 2.24) is 10.6 Å². The summed E-state index contributed by atoms with van der Waals surface area (Å²) >= 11 is 0. The molecule has 0 aliphatic carbocycles. The summed E-state index contributed by atoms with van der Waals surface area (Å²) in [6, 6.07) is 0. The molecule has 0 fully saturated rings. The van der Waals surface area contributed by atoms with Crippen molar-refractivity contribution >= 4 is 0 Å². The van der Waals surface area contributed by atoms with Gasteiger partial charge in [0.1, 0.15) is 0 Å². The lowest BCUT2D eigenvalue weighted by Gasteiger charge is -2.19. The Balaban J connectivity index is 3.50. The van der Waals surface area contributed by atoms with Gasteiger partial charge in [-0.15, -0.1) is 0 Å². The third-order valence-electron chi connectivity index (χ3n) is 1.35. The first-order valence-corrected chi connectivity index (χ1v) is 4.03. The van der Waals surface area contributed by atoms with E-state index in [1.54, 1.807) is 0 Å². The van der Waals surface area contributed by atoms with Crippen molar-refractivity contribution in [3.63, 3.8) is 0 Å². The summed E-state index contributed by atoms with van der Waals surface area (Å²) in [5.41, 5.74) is 0. The molecule has 0 atom stereocenters. The third kappa shape index (κ3) is 6.25. The van der Waals surface area contributed by atoms with Gasteiger partial charge < -0.3 is 20.8 Å². The molecule has 68 valence electrons. The van der Waals surface area contributed by atoms with Crippen LogP contribution in [-0.4, -0.2) is 35.8 Å². The number of aliphatic hydroxyl groups is 2. The monoisotopic (exact) mass is 162 g/mol. The van der Waals surface area contributed by atoms with Crippen LogP contribution >= 0.6 is 0 Å². The average Bonchev–Trinajstić information content (AvgIpc) is 1.87. The molecule has 0 unspecified atom stereocenters. The number of nitrogens with one attached hydrogen (secondary N) is 2. The lowest BCUT2D eigenvalue weighted by Crippen LogP contribution is -2.44. The minimum atomic E-state index is -1.24. The minimum absolute atomic E-state index is 0.00463. The van der Waals surface area contributed by atoms with Crippen molar-refractivity contribution in [3.05, 3.63) is 0 Å². The molecular weight excluding hydrogens is 144 g/mol. The molecule has 4 heteroatoms. The van der Waals surface area contributed by atoms with E-state index >= 15 is 0 Å². The van der Waals surface area contributed by atoms with E-state index in [0.717, 1.165) is 13.1 Å². The molecule has 0 saturated carbocycles. The van der Waals surface area contributed by atoms with Gasteiger partial charge in [-0.05, 0) is 13.1 Å². The van der Waals surface area contributed by atoms with Crippen LogP contribution in [0.5, 0.6) is 0 Å². The lowest BCUT2D eigenvalue weighted by atomic mass is 10.3. The number of aliphatic hydroxyl groups excluding tert-OH is 1. The standard InChI is InChI=1S/C7H18N2O2/c1-3-8-6(9-4-2)5-7(10)11/h6-11H,3-5H2,1-2H3. The van der Waals surface area contributed by atoms with Crippen molar-refractivity contribution in [1.29, 1.82) is 0 Å². The SMILES string of the molecule is CCNC(CC(O)O)NCC. The quantitative estimate of drug-likeness (QED) is 0.387. The first-order valence-electron chi connectivity index (χ1n) is 4.03. The molecule has 0 amide bonds.